The Balaban J connectivity index is 1.30. The monoisotopic (exact) mass is 421 g/mol. The van der Waals surface area contributed by atoms with E-state index in [9.17, 15) is 20.4 Å². The Labute approximate surface area is 176 Å². The highest BCUT2D eigenvalue weighted by Crippen LogP contribution is 2.25. The zero-order chi connectivity index (χ0) is 20.6. The molecule has 4 N–H and O–H groups in total. The van der Waals surface area contributed by atoms with Gasteiger partial charge in [0.2, 0.25) is 0 Å². The van der Waals surface area contributed by atoms with E-state index in [1.807, 2.05) is 4.90 Å². The van der Waals surface area contributed by atoms with Crippen molar-refractivity contribution in [3.8, 4) is 10.4 Å². The third-order valence-electron chi connectivity index (χ3n) is 5.48. The number of ether oxygens (including phenoxy) is 1. The fourth-order valence-corrected chi connectivity index (χ4v) is 4.46. The number of unbranched alkanes of at least 4 members (excludes halogenated alkanes) is 2. The number of likely N-dealkylation sites (tertiary alicyclic amines) is 1. The molecule has 0 spiro atoms. The summed E-state index contributed by atoms with van der Waals surface area (Å²) in [7, 11) is 0. The highest BCUT2D eigenvalue weighted by molar-refractivity contribution is 7.13. The van der Waals surface area contributed by atoms with Crippen LogP contribution in [0, 0.1) is 0 Å². The summed E-state index contributed by atoms with van der Waals surface area (Å²) in [6.07, 6.45) is -0.540. The van der Waals surface area contributed by atoms with Crippen LogP contribution in [0.15, 0.2) is 41.8 Å². The maximum atomic E-state index is 10.00. The minimum absolute atomic E-state index is 0.237. The molecule has 1 fully saturated rings. The highest BCUT2D eigenvalue weighted by Gasteiger charge is 2.40. The first kappa shape index (κ1) is 22.4. The van der Waals surface area contributed by atoms with Crippen LogP contribution < -0.4 is 0 Å². The molecule has 1 aliphatic heterocycles. The molecular weight excluding hydrogens is 390 g/mol. The van der Waals surface area contributed by atoms with Gasteiger partial charge in [0.1, 0.15) is 12.2 Å². The Bertz CT molecular complexity index is 709. The molecule has 0 bridgehead atoms. The standard InChI is InChI=1S/C22H31NO5S/c24-14-18-21(26)22(27)19(25)13-23(18)10-2-1-3-11-28-15-16-6-8-17(9-7-16)20-5-4-12-29-20/h4-9,12,18-19,21-22,24-27H,1-3,10-11,13-15H2/t18-,19+,21-,22-/m1/s1. The fourth-order valence-electron chi connectivity index (χ4n) is 3.73. The quantitative estimate of drug-likeness (QED) is 0.438. The molecule has 3 rings (SSSR count). The molecule has 0 aliphatic carbocycles. The molecule has 4 atom stereocenters. The van der Waals surface area contributed by atoms with E-state index in [0.29, 0.717) is 19.8 Å². The lowest BCUT2D eigenvalue weighted by Gasteiger charge is -2.43. The van der Waals surface area contributed by atoms with E-state index >= 15 is 0 Å². The van der Waals surface area contributed by atoms with Gasteiger partial charge < -0.3 is 25.2 Å². The second-order valence-corrected chi connectivity index (χ2v) is 8.53. The van der Waals surface area contributed by atoms with Crippen LogP contribution in [-0.2, 0) is 11.3 Å². The maximum absolute atomic E-state index is 10.00. The van der Waals surface area contributed by atoms with Gasteiger partial charge in [-0.15, -0.1) is 11.3 Å². The van der Waals surface area contributed by atoms with Crippen molar-refractivity contribution in [2.45, 2.75) is 50.2 Å². The third-order valence-corrected chi connectivity index (χ3v) is 6.40. The summed E-state index contributed by atoms with van der Waals surface area (Å²) >= 11 is 1.73. The summed E-state index contributed by atoms with van der Waals surface area (Å²) in [4.78, 5) is 3.13. The molecule has 1 aliphatic rings. The summed E-state index contributed by atoms with van der Waals surface area (Å²) in [6, 6.07) is 12.1. The molecular formula is C22H31NO5S. The Kier molecular flexibility index (Phi) is 8.62. The topological polar surface area (TPSA) is 93.4 Å². The fraction of sp³-hybridized carbons (Fsp3) is 0.545. The number of hydrogen-bond acceptors (Lipinski definition) is 7. The van der Waals surface area contributed by atoms with E-state index in [2.05, 4.69) is 41.8 Å². The van der Waals surface area contributed by atoms with Gasteiger partial charge >= 0.3 is 0 Å². The zero-order valence-electron chi connectivity index (χ0n) is 16.6. The molecule has 2 heterocycles. The molecule has 29 heavy (non-hydrogen) atoms. The smallest absolute Gasteiger partial charge is 0.109 e. The normalized spacial score (nSPS) is 25.4. The number of hydrogen-bond donors (Lipinski definition) is 4. The van der Waals surface area contributed by atoms with E-state index < -0.39 is 24.4 Å². The van der Waals surface area contributed by atoms with Gasteiger partial charge in [-0.25, -0.2) is 0 Å². The molecule has 1 aromatic carbocycles. The molecule has 1 aromatic heterocycles. The Morgan fingerprint density at radius 2 is 1.79 bits per heavy atom. The van der Waals surface area contributed by atoms with Crippen molar-refractivity contribution in [1.29, 1.82) is 0 Å². The van der Waals surface area contributed by atoms with Gasteiger partial charge in [0.15, 0.2) is 0 Å². The molecule has 1 saturated heterocycles. The van der Waals surface area contributed by atoms with Crippen molar-refractivity contribution in [2.75, 3.05) is 26.3 Å². The zero-order valence-corrected chi connectivity index (χ0v) is 17.4. The van der Waals surface area contributed by atoms with Crippen LogP contribution in [0.2, 0.25) is 0 Å². The van der Waals surface area contributed by atoms with Gasteiger partial charge in [-0.1, -0.05) is 30.3 Å². The molecule has 2 aromatic rings. The van der Waals surface area contributed by atoms with Crippen molar-refractivity contribution < 1.29 is 25.2 Å². The van der Waals surface area contributed by atoms with Gasteiger partial charge in [-0.2, -0.15) is 0 Å². The second kappa shape index (κ2) is 11.2. The number of benzene rings is 1. The van der Waals surface area contributed by atoms with Gasteiger partial charge in [0.05, 0.1) is 25.4 Å². The Hall–Kier alpha value is -1.32. The van der Waals surface area contributed by atoms with Crippen molar-refractivity contribution in [3.05, 3.63) is 47.3 Å². The molecule has 6 nitrogen and oxygen atoms in total. The van der Waals surface area contributed by atoms with Crippen LogP contribution in [0.3, 0.4) is 0 Å². The van der Waals surface area contributed by atoms with Crippen molar-refractivity contribution >= 4 is 11.3 Å². The van der Waals surface area contributed by atoms with Crippen molar-refractivity contribution in [2.24, 2.45) is 0 Å². The number of rotatable bonds is 10. The average Bonchev–Trinajstić information content (AvgIpc) is 3.27. The lowest BCUT2D eigenvalue weighted by atomic mass is 9.94. The number of aliphatic hydroxyl groups is 4. The van der Waals surface area contributed by atoms with Gasteiger partial charge in [0.25, 0.3) is 0 Å². The molecule has 160 valence electrons. The van der Waals surface area contributed by atoms with E-state index in [0.717, 1.165) is 24.8 Å². The number of thiophene rings is 1. The summed E-state index contributed by atoms with van der Waals surface area (Å²) in [5.74, 6) is 0. The molecule has 0 unspecified atom stereocenters. The second-order valence-electron chi connectivity index (χ2n) is 7.58. The molecule has 7 heteroatoms. The van der Waals surface area contributed by atoms with Crippen LogP contribution in [0.25, 0.3) is 10.4 Å². The van der Waals surface area contributed by atoms with Crippen LogP contribution in [0.1, 0.15) is 24.8 Å². The Morgan fingerprint density at radius 1 is 1.00 bits per heavy atom. The largest absolute Gasteiger partial charge is 0.395 e. The van der Waals surface area contributed by atoms with Crippen molar-refractivity contribution in [1.82, 2.24) is 4.90 Å². The number of aliphatic hydroxyl groups excluding tert-OH is 4. The number of β-amino-alcohol motifs (C(OH)–C–C–N with tert-alkyl or cyclic N) is 1. The summed E-state index contributed by atoms with van der Waals surface area (Å²) in [6.45, 7) is 1.97. The van der Waals surface area contributed by atoms with Crippen LogP contribution >= 0.6 is 11.3 Å². The van der Waals surface area contributed by atoms with E-state index in [-0.39, 0.29) is 13.2 Å². The molecule has 0 saturated carbocycles. The summed E-state index contributed by atoms with van der Waals surface area (Å²) in [5.41, 5.74) is 2.39. The summed E-state index contributed by atoms with van der Waals surface area (Å²) in [5, 5.41) is 41.1. The average molecular weight is 422 g/mol. The van der Waals surface area contributed by atoms with E-state index in [4.69, 9.17) is 4.74 Å². The van der Waals surface area contributed by atoms with Gasteiger partial charge in [-0.05, 0) is 48.4 Å². The molecule has 0 radical (unpaired) electrons. The van der Waals surface area contributed by atoms with Crippen LogP contribution in [0.4, 0.5) is 0 Å². The van der Waals surface area contributed by atoms with Crippen molar-refractivity contribution in [3.63, 3.8) is 0 Å². The van der Waals surface area contributed by atoms with E-state index in [1.165, 1.54) is 10.4 Å². The predicted octanol–water partition coefficient (Wildman–Crippen LogP) is 1.86. The first-order valence-electron chi connectivity index (χ1n) is 10.2. The third kappa shape index (κ3) is 6.08. The van der Waals surface area contributed by atoms with Gasteiger partial charge in [0, 0.05) is 18.0 Å². The van der Waals surface area contributed by atoms with Gasteiger partial charge in [-0.3, -0.25) is 4.90 Å². The lowest BCUT2D eigenvalue weighted by molar-refractivity contribution is -0.145. The summed E-state index contributed by atoms with van der Waals surface area (Å²) < 4.78 is 5.77. The molecule has 0 amide bonds. The van der Waals surface area contributed by atoms with E-state index in [1.54, 1.807) is 11.3 Å². The first-order chi connectivity index (χ1) is 14.1. The van der Waals surface area contributed by atoms with Crippen LogP contribution in [-0.4, -0.2) is 76.0 Å². The maximum Gasteiger partial charge on any atom is 0.109 e. The minimum atomic E-state index is -1.20. The lowest BCUT2D eigenvalue weighted by Crippen LogP contribution is -2.62. The Morgan fingerprint density at radius 3 is 2.48 bits per heavy atom. The minimum Gasteiger partial charge on any atom is -0.395 e. The predicted molar refractivity (Wildman–Crippen MR) is 114 cm³/mol. The number of piperidine rings is 1. The first-order valence-corrected chi connectivity index (χ1v) is 11.1. The highest BCUT2D eigenvalue weighted by atomic mass is 32.1. The number of nitrogens with zero attached hydrogens (tertiary/aromatic N) is 1. The SMILES string of the molecule is OC[C@@H]1[C@@H](O)[C@H](O)[C@@H](O)CN1CCCCCOCc1ccc(-c2cccs2)cc1. The van der Waals surface area contributed by atoms with Crippen LogP contribution in [0.5, 0.6) is 0 Å².